The van der Waals surface area contributed by atoms with E-state index in [4.69, 9.17) is 23.2 Å². The minimum absolute atomic E-state index is 0. The van der Waals surface area contributed by atoms with Gasteiger partial charge in [-0.15, -0.1) is 39.7 Å². The van der Waals surface area contributed by atoms with Crippen molar-refractivity contribution in [2.75, 3.05) is 0 Å². The van der Waals surface area contributed by atoms with Crippen molar-refractivity contribution in [3.05, 3.63) is 148 Å². The third-order valence-corrected chi connectivity index (χ3v) is 9.01. The molecule has 0 aromatic heterocycles. The first-order valence-electron chi connectivity index (χ1n) is 14.0. The van der Waals surface area contributed by atoms with Gasteiger partial charge in [-0.1, -0.05) is 88.3 Å². The van der Waals surface area contributed by atoms with Crippen molar-refractivity contribution in [3.8, 4) is 0 Å². The average molecular weight is 726 g/mol. The number of hydrogen-bond donors (Lipinski definition) is 0. The van der Waals surface area contributed by atoms with Crippen molar-refractivity contribution in [3.63, 3.8) is 0 Å². The number of hydrogen-bond acceptors (Lipinski definition) is 0. The summed E-state index contributed by atoms with van der Waals surface area (Å²) >= 11 is 13.3. The van der Waals surface area contributed by atoms with Gasteiger partial charge < -0.3 is 24.8 Å². The van der Waals surface area contributed by atoms with E-state index in [9.17, 15) is 0 Å². The van der Waals surface area contributed by atoms with Crippen LogP contribution in [0.3, 0.4) is 0 Å². The second kappa shape index (κ2) is 17.0. The summed E-state index contributed by atoms with van der Waals surface area (Å²) in [5.41, 5.74) is 4.04. The molecular weight excluding hydrogens is 689 g/mol. The molecule has 0 saturated heterocycles. The minimum atomic E-state index is 0. The van der Waals surface area contributed by atoms with Gasteiger partial charge in [-0.25, -0.2) is 6.08 Å². The third-order valence-electron chi connectivity index (χ3n) is 7.12. The molecule has 6 rings (SSSR count). The molecule has 0 radical (unpaired) electrons. The number of allylic oxidation sites excluding steroid dienone is 4. The fourth-order valence-electron chi connectivity index (χ4n) is 4.69. The van der Waals surface area contributed by atoms with E-state index in [0.29, 0.717) is 11.8 Å². The van der Waals surface area contributed by atoms with Crippen LogP contribution in [0, 0.1) is 23.3 Å². The van der Waals surface area contributed by atoms with E-state index < -0.39 is 0 Å². The van der Waals surface area contributed by atoms with Gasteiger partial charge in [0.2, 0.25) is 0 Å². The molecule has 5 aromatic carbocycles. The summed E-state index contributed by atoms with van der Waals surface area (Å²) in [7, 11) is 0. The van der Waals surface area contributed by atoms with Crippen molar-refractivity contribution in [2.45, 2.75) is 34.6 Å². The van der Waals surface area contributed by atoms with E-state index in [1.165, 1.54) is 54.6 Å². The van der Waals surface area contributed by atoms with Crippen LogP contribution >= 0.6 is 23.2 Å². The molecule has 1 aliphatic carbocycles. The van der Waals surface area contributed by atoms with Crippen LogP contribution in [-0.4, -0.2) is 3.21 Å². The van der Waals surface area contributed by atoms with Gasteiger partial charge >= 0.3 is 120 Å². The molecule has 0 heterocycles. The van der Waals surface area contributed by atoms with Gasteiger partial charge in [-0.05, 0) is 0 Å². The number of halogens is 4. The van der Waals surface area contributed by atoms with Crippen LogP contribution in [0.15, 0.2) is 121 Å². The largest absolute Gasteiger partial charge is 1.00 e. The quantitative estimate of drug-likeness (QED) is 0.218. The molecule has 0 bridgehead atoms. The molecule has 1 unspecified atom stereocenters. The molecule has 1 atom stereocenters. The maximum Gasteiger partial charge on any atom is -0.0771 e. The molecule has 1 aliphatic rings. The fourth-order valence-corrected chi connectivity index (χ4v) is 5.83. The second-order valence-electron chi connectivity index (χ2n) is 11.7. The molecule has 5 aromatic rings. The van der Waals surface area contributed by atoms with Gasteiger partial charge in [0.05, 0.1) is 0 Å². The van der Waals surface area contributed by atoms with Crippen molar-refractivity contribution >= 4 is 48.0 Å². The van der Waals surface area contributed by atoms with Crippen LogP contribution in [0.5, 0.6) is 0 Å². The number of benzene rings is 4. The van der Waals surface area contributed by atoms with E-state index in [0.717, 1.165) is 21.2 Å². The summed E-state index contributed by atoms with van der Waals surface area (Å²) in [6.45, 7) is 11.2. The summed E-state index contributed by atoms with van der Waals surface area (Å²) < 4.78 is 1.26. The summed E-state index contributed by atoms with van der Waals surface area (Å²) in [6.07, 6.45) is 7.90. The van der Waals surface area contributed by atoms with Gasteiger partial charge in [0.25, 0.3) is 0 Å². The number of fused-ring (bicyclic) bond motifs is 3. The van der Waals surface area contributed by atoms with Crippen LogP contribution in [0.25, 0.3) is 21.5 Å². The van der Waals surface area contributed by atoms with Crippen LogP contribution in [0.2, 0.25) is 10.0 Å². The molecule has 0 spiro atoms. The Morgan fingerprint density at radius 2 is 1.21 bits per heavy atom. The third kappa shape index (κ3) is 10.3. The molecule has 0 fully saturated rings. The molecule has 0 aliphatic heterocycles. The van der Waals surface area contributed by atoms with Crippen molar-refractivity contribution < 1.29 is 49.0 Å². The SMILES string of the molecule is CC(C)C1[C-]=CC(C(C)(C)C)=C1.Clc1cccc([C](=[Zr+2])c2cccc(Cl)c2)c1.[Cl-].[Cl-].c1ccc2c(c1)[cH-]c1ccccc12. The van der Waals surface area contributed by atoms with E-state index in [-0.39, 0.29) is 30.2 Å². The summed E-state index contributed by atoms with van der Waals surface area (Å²) in [4.78, 5) is 0. The average Bonchev–Trinajstić information content (AvgIpc) is 3.60. The van der Waals surface area contributed by atoms with Crippen LogP contribution in [0.4, 0.5) is 0 Å². The molecular formula is C38H36Cl4Zr-2. The molecule has 5 heteroatoms. The van der Waals surface area contributed by atoms with Crippen LogP contribution in [-0.2, 0) is 24.2 Å². The Bertz CT molecular complexity index is 1600. The first-order chi connectivity index (χ1) is 19.5. The zero-order valence-corrected chi connectivity index (χ0v) is 30.6. The van der Waals surface area contributed by atoms with E-state index >= 15 is 0 Å². The van der Waals surface area contributed by atoms with Gasteiger partial charge in [0, 0.05) is 0 Å². The maximum atomic E-state index is 5.98. The monoisotopic (exact) mass is 722 g/mol. The summed E-state index contributed by atoms with van der Waals surface area (Å²) in [5.74, 6) is 1.22. The van der Waals surface area contributed by atoms with Crippen LogP contribution in [0.1, 0.15) is 45.7 Å². The summed E-state index contributed by atoms with van der Waals surface area (Å²) in [5, 5.41) is 6.92. The molecule has 0 N–H and O–H groups in total. The second-order valence-corrected chi connectivity index (χ2v) is 13.8. The van der Waals surface area contributed by atoms with E-state index in [2.05, 4.69) is 120 Å². The van der Waals surface area contributed by atoms with E-state index in [1.54, 1.807) is 0 Å². The first-order valence-corrected chi connectivity index (χ1v) is 16.0. The van der Waals surface area contributed by atoms with E-state index in [1.807, 2.05) is 36.4 Å². The smallest absolute Gasteiger partial charge is 0.0771 e. The standard InChI is InChI=1S/C13H8Cl2.C13H9.C12H19.2ClH.Zr/c14-12-5-1-3-10(8-12)7-11-4-2-6-13(15)9-11;1-3-7-12-10(5-1)9-11-6-2-4-8-13(11)12;1-9(2)10-6-7-11(8-10)12(3,4)5;;;/h1-6,8-9H;1-9H;7-10H,1-5H3;2*1H;/q;2*-1;;;+2/p-2. The Labute approximate surface area is 294 Å². The molecule has 0 nitrogen and oxygen atoms in total. The Morgan fingerprint density at radius 1 is 0.744 bits per heavy atom. The van der Waals surface area contributed by atoms with Gasteiger partial charge in [0.15, 0.2) is 0 Å². The van der Waals surface area contributed by atoms with Gasteiger partial charge in [-0.2, -0.15) is 11.6 Å². The van der Waals surface area contributed by atoms with Crippen molar-refractivity contribution in [1.29, 1.82) is 0 Å². The predicted molar refractivity (Wildman–Crippen MR) is 177 cm³/mol. The minimum Gasteiger partial charge on any atom is -1.00 e. The Balaban J connectivity index is 0.000000222. The topological polar surface area (TPSA) is 0 Å². The Morgan fingerprint density at radius 3 is 1.58 bits per heavy atom. The number of rotatable bonds is 3. The van der Waals surface area contributed by atoms with Crippen molar-refractivity contribution in [1.82, 2.24) is 0 Å². The van der Waals surface area contributed by atoms with Crippen LogP contribution < -0.4 is 24.8 Å². The normalized spacial score (nSPS) is 13.7. The van der Waals surface area contributed by atoms with Gasteiger partial charge in [-0.3, -0.25) is 6.08 Å². The zero-order valence-electron chi connectivity index (χ0n) is 25.1. The molecule has 0 amide bonds. The zero-order chi connectivity index (χ0) is 29.6. The first kappa shape index (κ1) is 37.3. The van der Waals surface area contributed by atoms with Crippen molar-refractivity contribution in [2.24, 2.45) is 17.3 Å². The summed E-state index contributed by atoms with van der Waals surface area (Å²) in [6, 6.07) is 35.1. The fraction of sp³-hybridized carbons (Fsp3) is 0.211. The molecule has 43 heavy (non-hydrogen) atoms. The predicted octanol–water partition coefficient (Wildman–Crippen LogP) is 5.43. The van der Waals surface area contributed by atoms with Gasteiger partial charge in [0.1, 0.15) is 0 Å². The maximum absolute atomic E-state index is 5.98. The molecule has 0 saturated carbocycles. The Hall–Kier alpha value is -1.86. The molecule has 222 valence electrons. The Kier molecular flexibility index (Phi) is 14.8.